The Labute approximate surface area is 285 Å². The Morgan fingerprint density at radius 2 is 1.71 bits per heavy atom. The number of carbonyl (C=O) groups is 3. The van der Waals surface area contributed by atoms with E-state index in [1.807, 2.05) is 59.1 Å². The first-order valence-electron chi connectivity index (χ1n) is 16.6. The van der Waals surface area contributed by atoms with Crippen molar-refractivity contribution in [3.05, 3.63) is 110 Å². The third kappa shape index (κ3) is 7.57. The van der Waals surface area contributed by atoms with Gasteiger partial charge < -0.3 is 24.4 Å². The molecule has 1 aromatic heterocycles. The highest BCUT2D eigenvalue weighted by atomic mass is 35.5. The summed E-state index contributed by atoms with van der Waals surface area (Å²) in [5.74, 6) is -0.501. The molecule has 3 amide bonds. The van der Waals surface area contributed by atoms with E-state index < -0.39 is 11.9 Å². The molecule has 6 rings (SSSR count). The van der Waals surface area contributed by atoms with Crippen LogP contribution in [0.3, 0.4) is 0 Å². The monoisotopic (exact) mass is 668 g/mol. The molecule has 2 fully saturated rings. The predicted octanol–water partition coefficient (Wildman–Crippen LogP) is 5.77. The number of hydrogen-bond acceptors (Lipinski definition) is 6. The molecule has 0 radical (unpaired) electrons. The largest absolute Gasteiger partial charge is 0.451 e. The van der Waals surface area contributed by atoms with Gasteiger partial charge in [-0.3, -0.25) is 19.2 Å². The molecular formula is C38H41ClN4O5. The van der Waals surface area contributed by atoms with Gasteiger partial charge in [0.1, 0.15) is 11.6 Å². The van der Waals surface area contributed by atoms with Crippen LogP contribution in [0.5, 0.6) is 0 Å². The van der Waals surface area contributed by atoms with Gasteiger partial charge in [0, 0.05) is 69.9 Å². The number of halogens is 1. The lowest BCUT2D eigenvalue weighted by molar-refractivity contribution is -0.135. The number of anilines is 1. The lowest BCUT2D eigenvalue weighted by Crippen LogP contribution is -2.51. The van der Waals surface area contributed by atoms with E-state index in [0.717, 1.165) is 43.5 Å². The number of nitrogens with zero attached hydrogens (tertiary/aromatic N) is 3. The number of nitrogens with one attached hydrogen (secondary N) is 1. The molecular weight excluding hydrogens is 628 g/mol. The molecule has 9 nitrogen and oxygen atoms in total. The van der Waals surface area contributed by atoms with E-state index in [4.69, 9.17) is 16.0 Å². The molecule has 48 heavy (non-hydrogen) atoms. The summed E-state index contributed by atoms with van der Waals surface area (Å²) in [4.78, 5) is 58.8. The van der Waals surface area contributed by atoms with Crippen molar-refractivity contribution in [1.82, 2.24) is 15.1 Å². The molecule has 4 aromatic rings. The molecule has 2 aliphatic heterocycles. The van der Waals surface area contributed by atoms with E-state index in [2.05, 4.69) is 17.4 Å². The summed E-state index contributed by atoms with van der Waals surface area (Å²) < 4.78 is 5.87. The first-order valence-corrected chi connectivity index (χ1v) is 17.0. The molecule has 10 heteroatoms. The molecule has 250 valence electrons. The summed E-state index contributed by atoms with van der Waals surface area (Å²) in [5.41, 5.74) is 4.04. The number of amides is 3. The van der Waals surface area contributed by atoms with E-state index in [9.17, 15) is 19.2 Å². The molecule has 2 saturated heterocycles. The van der Waals surface area contributed by atoms with Crippen molar-refractivity contribution in [2.24, 2.45) is 0 Å². The summed E-state index contributed by atoms with van der Waals surface area (Å²) in [6.45, 7) is 2.48. The zero-order valence-corrected chi connectivity index (χ0v) is 28.2. The maximum atomic E-state index is 14.1. The van der Waals surface area contributed by atoms with Crippen LogP contribution in [0.4, 0.5) is 5.69 Å². The number of benzene rings is 3. The summed E-state index contributed by atoms with van der Waals surface area (Å²) >= 11 is 6.11. The van der Waals surface area contributed by atoms with Gasteiger partial charge in [0.15, 0.2) is 11.2 Å². The standard InChI is InChI=1S/C38H41ClN4O5/c1-41(2)29-14-15-34-31(22-29)33(44)23-35(48-34)37(46)40-32(21-25-10-12-28(39)13-11-25)38(47)42-19-16-26(17-20-42)30-8-4-3-7-27(30)24-43-18-6-5-9-36(43)45/h3-4,7-8,10-15,22-23,26,32H,5-6,9,16-21,24H2,1-2H3,(H,40,46)/t32-/m0/s1. The van der Waals surface area contributed by atoms with Crippen LogP contribution in [0.15, 0.2) is 82.0 Å². The van der Waals surface area contributed by atoms with Gasteiger partial charge in [0.25, 0.3) is 5.91 Å². The van der Waals surface area contributed by atoms with Crippen LogP contribution in [-0.4, -0.2) is 67.3 Å². The second-order valence-corrected chi connectivity index (χ2v) is 13.4. The molecule has 1 N–H and O–H groups in total. The smallest absolute Gasteiger partial charge is 0.287 e. The third-order valence-electron chi connectivity index (χ3n) is 9.49. The van der Waals surface area contributed by atoms with E-state index in [-0.39, 0.29) is 35.3 Å². The Morgan fingerprint density at radius 3 is 2.44 bits per heavy atom. The molecule has 0 saturated carbocycles. The van der Waals surface area contributed by atoms with E-state index in [1.54, 1.807) is 24.3 Å². The van der Waals surface area contributed by atoms with Crippen LogP contribution in [0.1, 0.15) is 65.3 Å². The lowest BCUT2D eigenvalue weighted by atomic mass is 9.86. The van der Waals surface area contributed by atoms with Gasteiger partial charge >= 0.3 is 0 Å². The number of rotatable bonds is 9. The van der Waals surface area contributed by atoms with Gasteiger partial charge in [-0.05, 0) is 78.6 Å². The molecule has 0 bridgehead atoms. The highest BCUT2D eigenvalue weighted by Gasteiger charge is 2.32. The normalized spacial score (nSPS) is 16.2. The van der Waals surface area contributed by atoms with Crippen LogP contribution < -0.4 is 15.6 Å². The molecule has 0 spiro atoms. The topological polar surface area (TPSA) is 103 Å². The molecule has 3 heterocycles. The number of carbonyl (C=O) groups excluding carboxylic acids is 3. The third-order valence-corrected chi connectivity index (χ3v) is 9.74. The van der Waals surface area contributed by atoms with Crippen LogP contribution in [0.2, 0.25) is 5.02 Å². The predicted molar refractivity (Wildman–Crippen MR) is 187 cm³/mol. The summed E-state index contributed by atoms with van der Waals surface area (Å²) in [5, 5.41) is 3.83. The number of likely N-dealkylation sites (tertiary alicyclic amines) is 2. The molecule has 2 aliphatic rings. The quantitative estimate of drug-likeness (QED) is 0.243. The summed E-state index contributed by atoms with van der Waals surface area (Å²) in [7, 11) is 3.76. The minimum absolute atomic E-state index is 0.151. The highest BCUT2D eigenvalue weighted by molar-refractivity contribution is 6.30. The average Bonchev–Trinajstić information content (AvgIpc) is 3.09. The van der Waals surface area contributed by atoms with Crippen molar-refractivity contribution < 1.29 is 18.8 Å². The van der Waals surface area contributed by atoms with Gasteiger partial charge in [-0.1, -0.05) is 48.0 Å². The molecule has 0 unspecified atom stereocenters. The van der Waals surface area contributed by atoms with Crippen LogP contribution in [0, 0.1) is 0 Å². The minimum atomic E-state index is -0.884. The Balaban J connectivity index is 1.18. The number of piperidine rings is 2. The van der Waals surface area contributed by atoms with E-state index in [1.165, 1.54) is 17.2 Å². The Kier molecular flexibility index (Phi) is 10.2. The fourth-order valence-corrected chi connectivity index (χ4v) is 6.89. The first kappa shape index (κ1) is 33.3. The van der Waals surface area contributed by atoms with Crippen molar-refractivity contribution in [2.45, 2.75) is 57.0 Å². The second kappa shape index (κ2) is 14.6. The number of hydrogen-bond donors (Lipinski definition) is 1. The van der Waals surface area contributed by atoms with Gasteiger partial charge in [-0.25, -0.2) is 0 Å². The van der Waals surface area contributed by atoms with Crippen LogP contribution in [-0.2, 0) is 22.6 Å². The van der Waals surface area contributed by atoms with Gasteiger partial charge in [-0.15, -0.1) is 0 Å². The van der Waals surface area contributed by atoms with Crippen molar-refractivity contribution in [2.75, 3.05) is 38.6 Å². The SMILES string of the molecule is CN(C)c1ccc2oc(C(=O)N[C@@H](Cc3ccc(Cl)cc3)C(=O)N3CCC(c4ccccc4CN4CCCCC4=O)CC3)cc(=O)c2c1. The molecule has 0 aliphatic carbocycles. The number of fused-ring (bicyclic) bond motifs is 1. The zero-order chi connectivity index (χ0) is 33.8. The average molecular weight is 669 g/mol. The Hall–Kier alpha value is -4.63. The molecule has 1 atom stereocenters. The van der Waals surface area contributed by atoms with Crippen LogP contribution in [0.25, 0.3) is 11.0 Å². The zero-order valence-electron chi connectivity index (χ0n) is 27.4. The van der Waals surface area contributed by atoms with Gasteiger partial charge in [0.05, 0.1) is 5.39 Å². The molecule has 3 aromatic carbocycles. The van der Waals surface area contributed by atoms with Crippen molar-refractivity contribution in [3.63, 3.8) is 0 Å². The van der Waals surface area contributed by atoms with E-state index in [0.29, 0.717) is 42.0 Å². The van der Waals surface area contributed by atoms with Gasteiger partial charge in [0.2, 0.25) is 11.8 Å². The van der Waals surface area contributed by atoms with Gasteiger partial charge in [-0.2, -0.15) is 0 Å². The van der Waals surface area contributed by atoms with Crippen LogP contribution >= 0.6 is 11.6 Å². The fourth-order valence-electron chi connectivity index (χ4n) is 6.76. The lowest BCUT2D eigenvalue weighted by Gasteiger charge is -2.36. The highest BCUT2D eigenvalue weighted by Crippen LogP contribution is 2.32. The van der Waals surface area contributed by atoms with Crippen molar-refractivity contribution in [3.8, 4) is 0 Å². The Morgan fingerprint density at radius 1 is 0.958 bits per heavy atom. The summed E-state index contributed by atoms with van der Waals surface area (Å²) in [6, 6.07) is 21.0. The maximum Gasteiger partial charge on any atom is 0.287 e. The minimum Gasteiger partial charge on any atom is -0.451 e. The second-order valence-electron chi connectivity index (χ2n) is 13.0. The fraction of sp³-hybridized carbons (Fsp3) is 0.368. The summed E-state index contributed by atoms with van der Waals surface area (Å²) in [6.07, 6.45) is 4.39. The first-order chi connectivity index (χ1) is 23.2. The van der Waals surface area contributed by atoms with Crippen molar-refractivity contribution >= 4 is 46.0 Å². The Bertz CT molecular complexity index is 1860. The van der Waals surface area contributed by atoms with Crippen molar-refractivity contribution in [1.29, 1.82) is 0 Å². The maximum absolute atomic E-state index is 14.1. The van der Waals surface area contributed by atoms with E-state index >= 15 is 0 Å².